The fourth-order valence-corrected chi connectivity index (χ4v) is 1.87. The zero-order valence-electron chi connectivity index (χ0n) is 11.3. The first kappa shape index (κ1) is 14.6. The molecule has 1 aromatic rings. The summed E-state index contributed by atoms with van der Waals surface area (Å²) in [6.45, 7) is 7.88. The van der Waals surface area contributed by atoms with Gasteiger partial charge in [0.15, 0.2) is 0 Å². The molecule has 100 valence electrons. The summed E-state index contributed by atoms with van der Waals surface area (Å²) in [4.78, 5) is 2.23. The maximum absolute atomic E-state index is 13.9. The Hall–Kier alpha value is -1.42. The van der Waals surface area contributed by atoms with Crippen molar-refractivity contribution in [2.45, 2.75) is 39.8 Å². The molecule has 0 spiro atoms. The van der Waals surface area contributed by atoms with Crippen LogP contribution in [0.15, 0.2) is 18.2 Å². The zero-order valence-corrected chi connectivity index (χ0v) is 11.3. The number of benzene rings is 1. The molecule has 3 nitrogen and oxygen atoms in total. The van der Waals surface area contributed by atoms with Gasteiger partial charge in [0.05, 0.1) is 0 Å². The van der Waals surface area contributed by atoms with Crippen LogP contribution >= 0.6 is 0 Å². The molecule has 0 amide bonds. The lowest BCUT2D eigenvalue weighted by Gasteiger charge is -2.26. The summed E-state index contributed by atoms with van der Waals surface area (Å²) in [6.07, 6.45) is 1.05. The van der Waals surface area contributed by atoms with Crippen molar-refractivity contribution in [2.24, 2.45) is 5.73 Å². The van der Waals surface area contributed by atoms with Gasteiger partial charge in [-0.2, -0.15) is 0 Å². The average Bonchev–Trinajstić information content (AvgIpc) is 2.30. The highest BCUT2D eigenvalue weighted by Gasteiger charge is 2.12. The molecule has 0 saturated heterocycles. The minimum Gasteiger partial charge on any atom is -0.384 e. The van der Waals surface area contributed by atoms with Crippen LogP contribution in [-0.2, 0) is 6.54 Å². The van der Waals surface area contributed by atoms with Crippen LogP contribution in [0.1, 0.15) is 38.3 Å². The number of nitrogen functional groups attached to an aromatic ring is 1. The van der Waals surface area contributed by atoms with Gasteiger partial charge in [-0.25, -0.2) is 4.39 Å². The third-order valence-electron chi connectivity index (χ3n) is 2.98. The number of halogens is 1. The molecule has 4 heteroatoms. The van der Waals surface area contributed by atoms with Crippen molar-refractivity contribution in [3.05, 3.63) is 35.1 Å². The van der Waals surface area contributed by atoms with Crippen LogP contribution in [0.25, 0.3) is 0 Å². The van der Waals surface area contributed by atoms with Crippen molar-refractivity contribution in [3.63, 3.8) is 0 Å². The molecule has 0 bridgehead atoms. The number of nitrogens with zero attached hydrogens (tertiary/aromatic N) is 1. The van der Waals surface area contributed by atoms with Crippen LogP contribution < -0.4 is 5.73 Å². The summed E-state index contributed by atoms with van der Waals surface area (Å²) in [5.41, 5.74) is 6.42. The first-order chi connectivity index (χ1) is 8.45. The fraction of sp³-hybridized carbons (Fsp3) is 0.500. The molecular formula is C14H22FN3. The first-order valence-electron chi connectivity index (χ1n) is 6.32. The van der Waals surface area contributed by atoms with Gasteiger partial charge in [0.1, 0.15) is 11.7 Å². The smallest absolute Gasteiger partial charge is 0.128 e. The van der Waals surface area contributed by atoms with Gasteiger partial charge < -0.3 is 5.73 Å². The number of hydrogen-bond donors (Lipinski definition) is 2. The highest BCUT2D eigenvalue weighted by atomic mass is 19.1. The average molecular weight is 251 g/mol. The highest BCUT2D eigenvalue weighted by Crippen LogP contribution is 2.14. The summed E-state index contributed by atoms with van der Waals surface area (Å²) < 4.78 is 13.9. The lowest BCUT2D eigenvalue weighted by Crippen LogP contribution is -2.31. The molecule has 0 unspecified atom stereocenters. The molecule has 0 atom stereocenters. The molecule has 0 saturated carbocycles. The minimum atomic E-state index is -0.288. The van der Waals surface area contributed by atoms with Gasteiger partial charge in [-0.15, -0.1) is 0 Å². The van der Waals surface area contributed by atoms with E-state index in [2.05, 4.69) is 25.7 Å². The first-order valence-corrected chi connectivity index (χ1v) is 6.32. The predicted octanol–water partition coefficient (Wildman–Crippen LogP) is 2.73. The summed E-state index contributed by atoms with van der Waals surface area (Å²) in [5.74, 6) is -0.390. The van der Waals surface area contributed by atoms with E-state index in [4.69, 9.17) is 11.1 Å². The minimum absolute atomic E-state index is 0.102. The third kappa shape index (κ3) is 3.81. The lowest BCUT2D eigenvalue weighted by atomic mass is 10.1. The standard InChI is InChI=1S/C14H22FN3/c1-4-7-18(10(2)3)9-12-6-5-11(14(16)17)8-13(12)15/h5-6,8,10H,4,7,9H2,1-3H3,(H3,16,17). The number of nitrogens with one attached hydrogen (secondary N) is 1. The Labute approximate surface area is 108 Å². The molecule has 18 heavy (non-hydrogen) atoms. The lowest BCUT2D eigenvalue weighted by molar-refractivity contribution is 0.210. The second kappa shape index (κ2) is 6.50. The molecule has 0 aliphatic carbocycles. The van der Waals surface area contributed by atoms with Gasteiger partial charge in [-0.05, 0) is 32.9 Å². The Morgan fingerprint density at radius 3 is 2.56 bits per heavy atom. The molecule has 1 rings (SSSR count). The Bertz CT molecular complexity index is 416. The summed E-state index contributed by atoms with van der Waals surface area (Å²) in [5, 5.41) is 7.28. The molecular weight excluding hydrogens is 229 g/mol. The second-order valence-electron chi connectivity index (χ2n) is 4.78. The number of nitrogens with two attached hydrogens (primary N) is 1. The van der Waals surface area contributed by atoms with Crippen molar-refractivity contribution in [1.29, 1.82) is 5.41 Å². The SMILES string of the molecule is CCCN(Cc1ccc(C(=N)N)cc1F)C(C)C. The van der Waals surface area contributed by atoms with E-state index in [0.29, 0.717) is 23.7 Å². The van der Waals surface area contributed by atoms with E-state index in [0.717, 1.165) is 13.0 Å². The van der Waals surface area contributed by atoms with Gasteiger partial charge in [0.25, 0.3) is 0 Å². The number of hydrogen-bond acceptors (Lipinski definition) is 2. The van der Waals surface area contributed by atoms with Crippen LogP contribution in [0.5, 0.6) is 0 Å². The van der Waals surface area contributed by atoms with Crippen LogP contribution in [0.2, 0.25) is 0 Å². The molecule has 0 aromatic heterocycles. The van der Waals surface area contributed by atoms with Gasteiger partial charge in [-0.1, -0.05) is 19.1 Å². The molecule has 0 radical (unpaired) electrons. The fourth-order valence-electron chi connectivity index (χ4n) is 1.87. The van der Waals surface area contributed by atoms with E-state index in [1.54, 1.807) is 12.1 Å². The summed E-state index contributed by atoms with van der Waals surface area (Å²) >= 11 is 0. The molecule has 0 aliphatic heterocycles. The Morgan fingerprint density at radius 2 is 2.11 bits per heavy atom. The summed E-state index contributed by atoms with van der Waals surface area (Å²) in [6, 6.07) is 5.14. The molecule has 0 heterocycles. The van der Waals surface area contributed by atoms with Gasteiger partial charge >= 0.3 is 0 Å². The Kier molecular flexibility index (Phi) is 5.28. The van der Waals surface area contributed by atoms with Gasteiger partial charge in [-0.3, -0.25) is 10.3 Å². The second-order valence-corrected chi connectivity index (χ2v) is 4.78. The van der Waals surface area contributed by atoms with Crippen molar-refractivity contribution in [3.8, 4) is 0 Å². The van der Waals surface area contributed by atoms with E-state index < -0.39 is 0 Å². The van der Waals surface area contributed by atoms with Crippen molar-refractivity contribution < 1.29 is 4.39 Å². The molecule has 0 aliphatic rings. The topological polar surface area (TPSA) is 53.1 Å². The van der Waals surface area contributed by atoms with E-state index in [1.165, 1.54) is 6.07 Å². The highest BCUT2D eigenvalue weighted by molar-refractivity contribution is 5.94. The number of rotatable bonds is 6. The van der Waals surface area contributed by atoms with Crippen molar-refractivity contribution in [1.82, 2.24) is 4.90 Å². The van der Waals surface area contributed by atoms with Crippen LogP contribution in [0.3, 0.4) is 0 Å². The van der Waals surface area contributed by atoms with Crippen LogP contribution in [-0.4, -0.2) is 23.3 Å². The third-order valence-corrected chi connectivity index (χ3v) is 2.98. The Morgan fingerprint density at radius 1 is 1.44 bits per heavy atom. The predicted molar refractivity (Wildman–Crippen MR) is 73.3 cm³/mol. The number of amidine groups is 1. The maximum Gasteiger partial charge on any atom is 0.128 e. The molecule has 3 N–H and O–H groups in total. The van der Waals surface area contributed by atoms with Gasteiger partial charge in [0, 0.05) is 23.7 Å². The van der Waals surface area contributed by atoms with E-state index in [1.807, 2.05) is 0 Å². The summed E-state index contributed by atoms with van der Waals surface area (Å²) in [7, 11) is 0. The van der Waals surface area contributed by atoms with Crippen molar-refractivity contribution in [2.75, 3.05) is 6.54 Å². The van der Waals surface area contributed by atoms with E-state index >= 15 is 0 Å². The van der Waals surface area contributed by atoms with E-state index in [9.17, 15) is 4.39 Å². The maximum atomic E-state index is 13.9. The van der Waals surface area contributed by atoms with E-state index in [-0.39, 0.29) is 11.7 Å². The van der Waals surface area contributed by atoms with Gasteiger partial charge in [0.2, 0.25) is 0 Å². The molecule has 0 fully saturated rings. The monoisotopic (exact) mass is 251 g/mol. The Balaban J connectivity index is 2.86. The van der Waals surface area contributed by atoms with Crippen LogP contribution in [0, 0.1) is 11.2 Å². The molecule has 1 aromatic carbocycles. The quantitative estimate of drug-likeness (QED) is 0.603. The van der Waals surface area contributed by atoms with Crippen LogP contribution in [0.4, 0.5) is 4.39 Å². The zero-order chi connectivity index (χ0) is 13.7. The normalized spacial score (nSPS) is 11.2. The van der Waals surface area contributed by atoms with Crippen molar-refractivity contribution >= 4 is 5.84 Å². The largest absolute Gasteiger partial charge is 0.384 e.